The van der Waals surface area contributed by atoms with Crippen molar-refractivity contribution in [1.29, 1.82) is 0 Å². The van der Waals surface area contributed by atoms with Gasteiger partial charge in [-0.05, 0) is 11.6 Å². The van der Waals surface area contributed by atoms with Crippen LogP contribution in [0.15, 0.2) is 24.3 Å². The van der Waals surface area contributed by atoms with E-state index in [2.05, 4.69) is 44.1 Å². The van der Waals surface area contributed by atoms with Crippen molar-refractivity contribution in [2.75, 3.05) is 0 Å². The van der Waals surface area contributed by atoms with E-state index >= 15 is 0 Å². The van der Waals surface area contributed by atoms with Crippen LogP contribution in [0.1, 0.15) is 32.2 Å². The van der Waals surface area contributed by atoms with Crippen molar-refractivity contribution in [3.63, 3.8) is 0 Å². The number of rotatable bonds is 1. The summed E-state index contributed by atoms with van der Waals surface area (Å²) in [6.45, 7) is 6.62. The van der Waals surface area contributed by atoms with Crippen LogP contribution >= 0.6 is 0 Å². The van der Waals surface area contributed by atoms with Crippen LogP contribution in [0.5, 0.6) is 0 Å². The second-order valence-electron chi connectivity index (χ2n) is 4.96. The van der Waals surface area contributed by atoms with E-state index in [-0.39, 0.29) is 5.41 Å². The Morgan fingerprint density at radius 2 is 2.00 bits per heavy atom. The number of hydrogen-bond donors (Lipinski definition) is 0. The van der Waals surface area contributed by atoms with Gasteiger partial charge in [0.05, 0.1) is 5.69 Å². The molecule has 0 unspecified atom stereocenters. The molecule has 0 spiro atoms. The van der Waals surface area contributed by atoms with E-state index in [1.54, 1.807) is 0 Å². The first-order chi connectivity index (χ1) is 6.98. The van der Waals surface area contributed by atoms with Gasteiger partial charge in [0, 0.05) is 24.6 Å². The zero-order chi connectivity index (χ0) is 11.1. The molecule has 1 aromatic heterocycles. The maximum absolute atomic E-state index is 4.54. The van der Waals surface area contributed by atoms with Gasteiger partial charge in [0.1, 0.15) is 0 Å². The zero-order valence-corrected chi connectivity index (χ0v) is 9.78. The topological polar surface area (TPSA) is 17.8 Å². The molecule has 2 rings (SSSR count). The third-order valence-electron chi connectivity index (χ3n) is 2.61. The number of allylic oxidation sites excluding steroid dienone is 4. The highest BCUT2D eigenvalue weighted by Gasteiger charge is 2.20. The lowest BCUT2D eigenvalue weighted by Gasteiger charge is -2.17. The minimum atomic E-state index is 0.145. The number of aryl methyl sites for hydroxylation is 1. The molecule has 15 heavy (non-hydrogen) atoms. The summed E-state index contributed by atoms with van der Waals surface area (Å²) in [6.07, 6.45) is 8.27. The monoisotopic (exact) mass is 201 g/mol. The molecule has 1 aromatic rings. The molecule has 0 bridgehead atoms. The summed E-state index contributed by atoms with van der Waals surface area (Å²) in [5.74, 6) is 0. The minimum Gasteiger partial charge on any atom is -0.272 e. The SMILES string of the molecule is Cn1nc(C2=C[CH]C=C2)cc1C(C)(C)C. The Morgan fingerprint density at radius 3 is 2.47 bits per heavy atom. The fraction of sp³-hybridized carbons (Fsp3) is 0.385. The summed E-state index contributed by atoms with van der Waals surface area (Å²) >= 11 is 0. The highest BCUT2D eigenvalue weighted by Crippen LogP contribution is 2.26. The smallest absolute Gasteiger partial charge is 0.0923 e. The van der Waals surface area contributed by atoms with Gasteiger partial charge in [-0.15, -0.1) is 0 Å². The van der Waals surface area contributed by atoms with Crippen molar-refractivity contribution in [3.05, 3.63) is 42.1 Å². The predicted octanol–water partition coefficient (Wildman–Crippen LogP) is 2.88. The molecule has 1 aliphatic carbocycles. The Morgan fingerprint density at radius 1 is 1.27 bits per heavy atom. The Hall–Kier alpha value is -1.31. The fourth-order valence-corrected chi connectivity index (χ4v) is 1.86. The van der Waals surface area contributed by atoms with E-state index in [0.29, 0.717) is 0 Å². The molecular formula is C13H17N2. The van der Waals surface area contributed by atoms with Crippen molar-refractivity contribution in [1.82, 2.24) is 9.78 Å². The molecule has 0 saturated heterocycles. The normalized spacial score (nSPS) is 15.9. The summed E-state index contributed by atoms with van der Waals surface area (Å²) in [5, 5.41) is 4.54. The lowest BCUT2D eigenvalue weighted by molar-refractivity contribution is 0.523. The maximum atomic E-state index is 4.54. The van der Waals surface area contributed by atoms with Crippen molar-refractivity contribution < 1.29 is 0 Å². The number of nitrogens with zero attached hydrogens (tertiary/aromatic N) is 2. The Balaban J connectivity index is 2.41. The second kappa shape index (κ2) is 3.37. The standard InChI is InChI=1S/C13H17N2/c1-13(2,3)12-9-11(14-15(12)4)10-7-5-6-8-10/h5-9H,1-4H3. The number of hydrogen-bond acceptors (Lipinski definition) is 1. The fourth-order valence-electron chi connectivity index (χ4n) is 1.86. The molecule has 1 aliphatic rings. The van der Waals surface area contributed by atoms with Gasteiger partial charge in [0.25, 0.3) is 0 Å². The molecule has 0 fully saturated rings. The first kappa shape index (κ1) is 10.2. The Labute approximate surface area is 91.3 Å². The number of aromatic nitrogens is 2. The first-order valence-electron chi connectivity index (χ1n) is 5.25. The van der Waals surface area contributed by atoms with Crippen LogP contribution in [0.2, 0.25) is 0 Å². The second-order valence-corrected chi connectivity index (χ2v) is 4.96. The average Bonchev–Trinajstić information content (AvgIpc) is 2.68. The summed E-state index contributed by atoms with van der Waals surface area (Å²) in [4.78, 5) is 0. The highest BCUT2D eigenvalue weighted by molar-refractivity contribution is 5.76. The van der Waals surface area contributed by atoms with Crippen molar-refractivity contribution >= 4 is 5.57 Å². The zero-order valence-electron chi connectivity index (χ0n) is 9.78. The van der Waals surface area contributed by atoms with Crippen LogP contribution in [-0.4, -0.2) is 9.78 Å². The summed E-state index contributed by atoms with van der Waals surface area (Å²) < 4.78 is 1.97. The molecule has 0 N–H and O–H groups in total. The van der Waals surface area contributed by atoms with Crippen LogP contribution in [0.4, 0.5) is 0 Å². The molecular weight excluding hydrogens is 184 g/mol. The van der Waals surface area contributed by atoms with Crippen LogP contribution < -0.4 is 0 Å². The molecule has 2 nitrogen and oxygen atoms in total. The van der Waals surface area contributed by atoms with E-state index in [4.69, 9.17) is 0 Å². The first-order valence-corrected chi connectivity index (χ1v) is 5.25. The van der Waals surface area contributed by atoms with Crippen LogP contribution in [0, 0.1) is 6.42 Å². The Kier molecular flexibility index (Phi) is 2.29. The van der Waals surface area contributed by atoms with Gasteiger partial charge in [0.2, 0.25) is 0 Å². The lowest BCUT2D eigenvalue weighted by Crippen LogP contribution is -2.16. The van der Waals surface area contributed by atoms with Gasteiger partial charge < -0.3 is 0 Å². The van der Waals surface area contributed by atoms with Crippen molar-refractivity contribution in [2.24, 2.45) is 7.05 Å². The molecule has 1 heterocycles. The van der Waals surface area contributed by atoms with E-state index in [1.165, 1.54) is 11.3 Å². The van der Waals surface area contributed by atoms with Crippen LogP contribution in [0.25, 0.3) is 5.57 Å². The molecule has 2 heteroatoms. The molecule has 0 saturated carbocycles. The van der Waals surface area contributed by atoms with Gasteiger partial charge in [-0.1, -0.05) is 39.0 Å². The van der Waals surface area contributed by atoms with Gasteiger partial charge >= 0.3 is 0 Å². The predicted molar refractivity (Wildman–Crippen MR) is 63.3 cm³/mol. The minimum absolute atomic E-state index is 0.145. The Bertz CT molecular complexity index is 428. The van der Waals surface area contributed by atoms with Crippen LogP contribution in [-0.2, 0) is 12.5 Å². The highest BCUT2D eigenvalue weighted by atomic mass is 15.3. The molecule has 0 aromatic carbocycles. The van der Waals surface area contributed by atoms with E-state index in [1.807, 2.05) is 24.2 Å². The van der Waals surface area contributed by atoms with Gasteiger partial charge in [0.15, 0.2) is 0 Å². The van der Waals surface area contributed by atoms with E-state index < -0.39 is 0 Å². The quantitative estimate of drug-likeness (QED) is 0.683. The summed E-state index contributed by atoms with van der Waals surface area (Å²) in [5.41, 5.74) is 3.67. The van der Waals surface area contributed by atoms with Gasteiger partial charge in [-0.2, -0.15) is 5.10 Å². The van der Waals surface area contributed by atoms with Crippen molar-refractivity contribution in [3.8, 4) is 0 Å². The van der Waals surface area contributed by atoms with Crippen LogP contribution in [0.3, 0.4) is 0 Å². The molecule has 0 aliphatic heterocycles. The molecule has 1 radical (unpaired) electrons. The summed E-state index contributed by atoms with van der Waals surface area (Å²) in [6, 6.07) is 2.18. The van der Waals surface area contributed by atoms with E-state index in [0.717, 1.165) is 5.69 Å². The van der Waals surface area contributed by atoms with E-state index in [9.17, 15) is 0 Å². The lowest BCUT2D eigenvalue weighted by atomic mass is 9.91. The molecule has 0 amide bonds. The maximum Gasteiger partial charge on any atom is 0.0923 e. The molecule has 0 atom stereocenters. The van der Waals surface area contributed by atoms with Crippen molar-refractivity contribution in [2.45, 2.75) is 26.2 Å². The largest absolute Gasteiger partial charge is 0.272 e. The summed E-state index contributed by atoms with van der Waals surface area (Å²) in [7, 11) is 2.01. The average molecular weight is 201 g/mol. The van der Waals surface area contributed by atoms with Gasteiger partial charge in [-0.3, -0.25) is 4.68 Å². The van der Waals surface area contributed by atoms with Gasteiger partial charge in [-0.25, -0.2) is 0 Å². The third kappa shape index (κ3) is 1.89. The third-order valence-corrected chi connectivity index (χ3v) is 2.61. The molecule has 79 valence electrons.